The van der Waals surface area contributed by atoms with E-state index in [1.165, 1.54) is 4.88 Å². The molecule has 90 valence electrons. The zero-order chi connectivity index (χ0) is 12.3. The predicted octanol–water partition coefficient (Wildman–Crippen LogP) is 3.72. The Morgan fingerprint density at radius 1 is 1.35 bits per heavy atom. The van der Waals surface area contributed by atoms with E-state index >= 15 is 0 Å². The van der Waals surface area contributed by atoms with Gasteiger partial charge in [0.15, 0.2) is 0 Å². The summed E-state index contributed by atoms with van der Waals surface area (Å²) in [5.41, 5.74) is 1.16. The average molecular weight is 268 g/mol. The molecule has 0 saturated carbocycles. The molecule has 0 radical (unpaired) electrons. The lowest BCUT2D eigenvalue weighted by molar-refractivity contribution is 0.416. The van der Waals surface area contributed by atoms with Crippen molar-refractivity contribution in [1.29, 1.82) is 0 Å². The first kappa shape index (κ1) is 12.4. The molecule has 0 saturated heterocycles. The summed E-state index contributed by atoms with van der Waals surface area (Å²) in [6.07, 6.45) is 0. The maximum Gasteiger partial charge on any atom is 0.129 e. The van der Waals surface area contributed by atoms with Crippen LogP contribution in [-0.4, -0.2) is 14.2 Å². The van der Waals surface area contributed by atoms with Crippen molar-refractivity contribution in [3.05, 3.63) is 51.2 Å². The third kappa shape index (κ3) is 2.80. The van der Waals surface area contributed by atoms with Crippen LogP contribution in [0.3, 0.4) is 0 Å². The Hall–Kier alpha value is -1.03. The lowest BCUT2D eigenvalue weighted by atomic mass is 10.1. The number of methoxy groups -OCH3 is 1. The number of benzene rings is 1. The lowest BCUT2D eigenvalue weighted by Crippen LogP contribution is -2.16. The van der Waals surface area contributed by atoms with Gasteiger partial charge in [0.25, 0.3) is 0 Å². The quantitative estimate of drug-likeness (QED) is 0.912. The van der Waals surface area contributed by atoms with Crippen LogP contribution in [0.4, 0.5) is 0 Å². The second kappa shape index (κ2) is 5.54. The van der Waals surface area contributed by atoms with Gasteiger partial charge in [0.1, 0.15) is 5.75 Å². The Morgan fingerprint density at radius 3 is 2.76 bits per heavy atom. The van der Waals surface area contributed by atoms with Crippen molar-refractivity contribution in [3.63, 3.8) is 0 Å². The molecule has 1 heterocycles. The number of hydrogen-bond donors (Lipinski definition) is 1. The van der Waals surface area contributed by atoms with E-state index in [9.17, 15) is 0 Å². The Labute approximate surface area is 110 Å². The molecule has 1 atom stereocenters. The molecular weight excluding hydrogens is 254 g/mol. The molecule has 17 heavy (non-hydrogen) atoms. The molecule has 0 aliphatic carbocycles. The number of nitrogens with one attached hydrogen (secondary N) is 1. The van der Waals surface area contributed by atoms with Crippen LogP contribution in [0.15, 0.2) is 35.7 Å². The first-order valence-electron chi connectivity index (χ1n) is 5.29. The standard InChI is InChI=1S/C13H14ClNOS/c1-15-13(9-4-3-5-10(14)6-9)12-7-11(16-2)8-17-12/h3-8,13,15H,1-2H3. The maximum atomic E-state index is 6.02. The molecule has 0 spiro atoms. The van der Waals surface area contributed by atoms with Gasteiger partial charge in [-0.25, -0.2) is 0 Å². The average Bonchev–Trinajstić information content (AvgIpc) is 2.79. The third-order valence-corrected chi connectivity index (χ3v) is 3.80. The SMILES string of the molecule is CNC(c1cccc(Cl)c1)c1cc(OC)cs1. The Bertz CT molecular complexity index is 498. The molecule has 1 aromatic carbocycles. The maximum absolute atomic E-state index is 6.02. The van der Waals surface area contributed by atoms with Gasteiger partial charge < -0.3 is 10.1 Å². The van der Waals surface area contributed by atoms with Crippen LogP contribution in [0.1, 0.15) is 16.5 Å². The van der Waals surface area contributed by atoms with Gasteiger partial charge in [-0.15, -0.1) is 11.3 Å². The molecule has 0 amide bonds. The molecule has 0 fully saturated rings. The number of halogens is 1. The van der Waals surface area contributed by atoms with Gasteiger partial charge in [-0.1, -0.05) is 23.7 Å². The molecule has 1 N–H and O–H groups in total. The smallest absolute Gasteiger partial charge is 0.129 e. The van der Waals surface area contributed by atoms with Gasteiger partial charge in [-0.05, 0) is 30.8 Å². The molecule has 1 aromatic heterocycles. The van der Waals surface area contributed by atoms with Gasteiger partial charge in [0.2, 0.25) is 0 Å². The number of hydrogen-bond acceptors (Lipinski definition) is 3. The zero-order valence-electron chi connectivity index (χ0n) is 9.74. The molecule has 2 nitrogen and oxygen atoms in total. The Morgan fingerprint density at radius 2 is 2.18 bits per heavy atom. The van der Waals surface area contributed by atoms with E-state index in [2.05, 4.69) is 11.4 Å². The van der Waals surface area contributed by atoms with Crippen LogP contribution < -0.4 is 10.1 Å². The van der Waals surface area contributed by atoms with Crippen LogP contribution >= 0.6 is 22.9 Å². The van der Waals surface area contributed by atoms with Crippen molar-refractivity contribution in [3.8, 4) is 5.75 Å². The fourth-order valence-corrected chi connectivity index (χ4v) is 2.94. The minimum atomic E-state index is 0.155. The van der Waals surface area contributed by atoms with E-state index in [1.807, 2.05) is 36.7 Å². The normalized spacial score (nSPS) is 12.4. The molecular formula is C13H14ClNOS. The number of ether oxygens (including phenoxy) is 1. The van der Waals surface area contributed by atoms with E-state index < -0.39 is 0 Å². The van der Waals surface area contributed by atoms with Crippen molar-refractivity contribution >= 4 is 22.9 Å². The van der Waals surface area contributed by atoms with Crippen molar-refractivity contribution in [2.45, 2.75) is 6.04 Å². The Balaban J connectivity index is 2.33. The van der Waals surface area contributed by atoms with Crippen LogP contribution in [0.25, 0.3) is 0 Å². The molecule has 1 unspecified atom stereocenters. The molecule has 2 rings (SSSR count). The highest BCUT2D eigenvalue weighted by Crippen LogP contribution is 2.31. The highest BCUT2D eigenvalue weighted by atomic mass is 35.5. The van der Waals surface area contributed by atoms with Crippen LogP contribution in [0, 0.1) is 0 Å². The zero-order valence-corrected chi connectivity index (χ0v) is 11.3. The second-order valence-corrected chi connectivity index (χ2v) is 5.04. The van der Waals surface area contributed by atoms with Gasteiger partial charge >= 0.3 is 0 Å². The number of rotatable bonds is 4. The van der Waals surface area contributed by atoms with Crippen molar-refractivity contribution < 1.29 is 4.74 Å². The van der Waals surface area contributed by atoms with Gasteiger partial charge in [-0.2, -0.15) is 0 Å². The highest BCUT2D eigenvalue weighted by molar-refractivity contribution is 7.10. The first-order valence-corrected chi connectivity index (χ1v) is 6.55. The van der Waals surface area contributed by atoms with Crippen LogP contribution in [0.2, 0.25) is 5.02 Å². The summed E-state index contributed by atoms with van der Waals surface area (Å²) in [6, 6.07) is 10.1. The topological polar surface area (TPSA) is 21.3 Å². The summed E-state index contributed by atoms with van der Waals surface area (Å²) in [7, 11) is 3.62. The summed E-state index contributed by atoms with van der Waals surface area (Å²) in [6.45, 7) is 0. The van der Waals surface area contributed by atoms with Gasteiger partial charge in [0, 0.05) is 15.3 Å². The minimum Gasteiger partial charge on any atom is -0.496 e. The summed E-state index contributed by atoms with van der Waals surface area (Å²) < 4.78 is 5.21. The second-order valence-electron chi connectivity index (χ2n) is 3.67. The van der Waals surface area contributed by atoms with Crippen LogP contribution in [0.5, 0.6) is 5.75 Å². The fraction of sp³-hybridized carbons (Fsp3) is 0.231. The third-order valence-electron chi connectivity index (χ3n) is 2.59. The molecule has 2 aromatic rings. The van der Waals surface area contributed by atoms with Crippen LogP contribution in [-0.2, 0) is 0 Å². The van der Waals surface area contributed by atoms with Crippen molar-refractivity contribution in [2.24, 2.45) is 0 Å². The molecule has 4 heteroatoms. The minimum absolute atomic E-state index is 0.155. The van der Waals surface area contributed by atoms with Crippen molar-refractivity contribution in [1.82, 2.24) is 5.32 Å². The summed E-state index contributed by atoms with van der Waals surface area (Å²) in [5, 5.41) is 6.06. The highest BCUT2D eigenvalue weighted by Gasteiger charge is 2.14. The van der Waals surface area contributed by atoms with E-state index in [1.54, 1.807) is 18.4 Å². The van der Waals surface area contributed by atoms with Crippen molar-refractivity contribution in [2.75, 3.05) is 14.2 Å². The van der Waals surface area contributed by atoms with E-state index in [0.717, 1.165) is 16.3 Å². The fourth-order valence-electron chi connectivity index (χ4n) is 1.75. The molecule has 0 aliphatic heterocycles. The summed E-state index contributed by atoms with van der Waals surface area (Å²) in [5.74, 6) is 0.896. The van der Waals surface area contributed by atoms with E-state index in [-0.39, 0.29) is 6.04 Å². The molecule has 0 bridgehead atoms. The van der Waals surface area contributed by atoms with Gasteiger partial charge in [0.05, 0.1) is 13.2 Å². The van der Waals surface area contributed by atoms with E-state index in [0.29, 0.717) is 0 Å². The monoisotopic (exact) mass is 267 g/mol. The van der Waals surface area contributed by atoms with Gasteiger partial charge in [-0.3, -0.25) is 0 Å². The predicted molar refractivity (Wildman–Crippen MR) is 73.2 cm³/mol. The summed E-state index contributed by atoms with van der Waals surface area (Å²) in [4.78, 5) is 1.21. The lowest BCUT2D eigenvalue weighted by Gasteiger charge is -2.15. The first-order chi connectivity index (χ1) is 8.24. The molecule has 0 aliphatic rings. The Kier molecular flexibility index (Phi) is 4.05. The largest absolute Gasteiger partial charge is 0.496 e. The number of thiophene rings is 1. The summed E-state index contributed by atoms with van der Waals surface area (Å²) >= 11 is 7.69. The van der Waals surface area contributed by atoms with E-state index in [4.69, 9.17) is 16.3 Å².